The second kappa shape index (κ2) is 7.47. The van der Waals surface area contributed by atoms with Crippen LogP contribution in [-0.2, 0) is 4.57 Å². The lowest BCUT2D eigenvalue weighted by Crippen LogP contribution is -2.38. The summed E-state index contributed by atoms with van der Waals surface area (Å²) in [6.07, 6.45) is 9.10. The summed E-state index contributed by atoms with van der Waals surface area (Å²) in [7, 11) is -2.89. The molecule has 0 heterocycles. The second-order valence-electron chi connectivity index (χ2n) is 5.59. The van der Waals surface area contributed by atoms with E-state index in [9.17, 15) is 4.57 Å². The number of hydrogen-bond acceptors (Lipinski definition) is 1. The van der Waals surface area contributed by atoms with E-state index in [4.69, 9.17) is 0 Å². The minimum absolute atomic E-state index is 0.0660. The third-order valence-corrected chi connectivity index (χ3v) is 6.80. The van der Waals surface area contributed by atoms with E-state index in [2.05, 4.69) is 24.9 Å². The minimum Gasteiger partial charge on any atom is -0.297 e. The highest BCUT2D eigenvalue weighted by Crippen LogP contribution is 2.42. The van der Waals surface area contributed by atoms with Gasteiger partial charge in [-0.05, 0) is 56.4 Å². The zero-order chi connectivity index (χ0) is 16.1. The van der Waals surface area contributed by atoms with Crippen molar-refractivity contribution in [3.63, 3.8) is 0 Å². The largest absolute Gasteiger partial charge is 0.297 e. The first-order valence-electron chi connectivity index (χ1n) is 7.94. The molecule has 1 N–H and O–H groups in total. The molecular formula is C20H21NOP. The van der Waals surface area contributed by atoms with E-state index < -0.39 is 7.29 Å². The van der Waals surface area contributed by atoms with Crippen LogP contribution in [0.2, 0.25) is 0 Å². The first kappa shape index (κ1) is 16.5. The maximum atomic E-state index is 14.0. The van der Waals surface area contributed by atoms with E-state index in [1.54, 1.807) is 0 Å². The molecule has 3 heteroatoms. The van der Waals surface area contributed by atoms with Crippen LogP contribution in [0, 0.1) is 31.6 Å². The highest BCUT2D eigenvalue weighted by atomic mass is 31.2. The smallest absolute Gasteiger partial charge is 0.204 e. The third kappa shape index (κ3) is 3.59. The quantitative estimate of drug-likeness (QED) is 0.822. The summed E-state index contributed by atoms with van der Waals surface area (Å²) in [5, 5.41) is 5.16. The summed E-state index contributed by atoms with van der Waals surface area (Å²) in [6, 6.07) is 19.5. The topological polar surface area (TPSA) is 29.1 Å². The van der Waals surface area contributed by atoms with Gasteiger partial charge in [0.25, 0.3) is 0 Å². The van der Waals surface area contributed by atoms with Crippen LogP contribution in [0.5, 0.6) is 0 Å². The zero-order valence-electron chi connectivity index (χ0n) is 13.2. The van der Waals surface area contributed by atoms with Crippen molar-refractivity contribution in [3.8, 4) is 0 Å². The summed E-state index contributed by atoms with van der Waals surface area (Å²) in [4.78, 5) is 0. The maximum Gasteiger partial charge on any atom is 0.204 e. The van der Waals surface area contributed by atoms with Crippen molar-refractivity contribution in [2.75, 3.05) is 0 Å². The Morgan fingerprint density at radius 2 is 1.35 bits per heavy atom. The molecular weight excluding hydrogens is 301 g/mol. The number of nitrogens with one attached hydrogen (secondary N) is 1. The molecule has 0 amide bonds. The van der Waals surface area contributed by atoms with Gasteiger partial charge in [0.1, 0.15) is 0 Å². The van der Waals surface area contributed by atoms with Gasteiger partial charge < -0.3 is 0 Å². The highest BCUT2D eigenvalue weighted by molar-refractivity contribution is 7.76. The SMILES string of the molecule is CCC(NP(=O)(c1ccccc1)c1ccccc1)[C]1[CH][CH][CH][CH]1. The van der Waals surface area contributed by atoms with Crippen molar-refractivity contribution < 1.29 is 4.57 Å². The van der Waals surface area contributed by atoms with E-state index in [1.807, 2.05) is 73.5 Å². The van der Waals surface area contributed by atoms with E-state index in [-0.39, 0.29) is 6.04 Å². The van der Waals surface area contributed by atoms with Gasteiger partial charge in [-0.2, -0.15) is 0 Å². The first-order chi connectivity index (χ1) is 11.2. The fourth-order valence-electron chi connectivity index (χ4n) is 2.82. The Morgan fingerprint density at radius 1 is 0.870 bits per heavy atom. The first-order valence-corrected chi connectivity index (χ1v) is 9.65. The molecule has 1 atom stereocenters. The van der Waals surface area contributed by atoms with E-state index in [1.165, 1.54) is 5.92 Å². The van der Waals surface area contributed by atoms with Crippen LogP contribution in [0.4, 0.5) is 0 Å². The summed E-state index contributed by atoms with van der Waals surface area (Å²) in [5.74, 6) is 1.18. The van der Waals surface area contributed by atoms with Crippen molar-refractivity contribution in [1.82, 2.24) is 5.09 Å². The van der Waals surface area contributed by atoms with Crippen molar-refractivity contribution in [3.05, 3.63) is 92.3 Å². The molecule has 2 aromatic carbocycles. The Labute approximate surface area is 139 Å². The highest BCUT2D eigenvalue weighted by Gasteiger charge is 2.34. The van der Waals surface area contributed by atoms with Crippen LogP contribution in [0.3, 0.4) is 0 Å². The van der Waals surface area contributed by atoms with Gasteiger partial charge in [0.05, 0.1) is 0 Å². The van der Waals surface area contributed by atoms with Gasteiger partial charge >= 0.3 is 0 Å². The lowest BCUT2D eigenvalue weighted by atomic mass is 9.97. The molecule has 1 fully saturated rings. The summed E-state index contributed by atoms with van der Waals surface area (Å²) >= 11 is 0. The maximum absolute atomic E-state index is 14.0. The third-order valence-electron chi connectivity index (χ3n) is 4.08. The molecule has 23 heavy (non-hydrogen) atoms. The van der Waals surface area contributed by atoms with Crippen LogP contribution >= 0.6 is 7.29 Å². The molecule has 1 saturated carbocycles. The summed E-state index contributed by atoms with van der Waals surface area (Å²) < 4.78 is 14.0. The molecule has 0 bridgehead atoms. The van der Waals surface area contributed by atoms with Crippen LogP contribution in [0.1, 0.15) is 13.3 Å². The van der Waals surface area contributed by atoms with Gasteiger partial charge in [-0.3, -0.25) is 9.65 Å². The Hall–Kier alpha value is -1.37. The molecule has 0 spiro atoms. The van der Waals surface area contributed by atoms with Gasteiger partial charge in [-0.15, -0.1) is 0 Å². The van der Waals surface area contributed by atoms with Crippen LogP contribution in [-0.4, -0.2) is 6.04 Å². The van der Waals surface area contributed by atoms with Crippen molar-refractivity contribution in [2.45, 2.75) is 19.4 Å². The van der Waals surface area contributed by atoms with Crippen LogP contribution in [0.25, 0.3) is 0 Å². The monoisotopic (exact) mass is 322 g/mol. The van der Waals surface area contributed by atoms with Gasteiger partial charge in [0.15, 0.2) is 0 Å². The Bertz CT molecular complexity index is 606. The van der Waals surface area contributed by atoms with Gasteiger partial charge in [0.2, 0.25) is 7.29 Å². The van der Waals surface area contributed by atoms with E-state index >= 15 is 0 Å². The molecule has 2 nitrogen and oxygen atoms in total. The van der Waals surface area contributed by atoms with E-state index in [0.29, 0.717) is 0 Å². The Kier molecular flexibility index (Phi) is 5.35. The molecule has 1 aliphatic rings. The van der Waals surface area contributed by atoms with Gasteiger partial charge in [-0.25, -0.2) is 0 Å². The van der Waals surface area contributed by atoms with Gasteiger partial charge in [-0.1, -0.05) is 43.3 Å². The van der Waals surface area contributed by atoms with Crippen molar-refractivity contribution in [1.29, 1.82) is 0 Å². The Balaban J connectivity index is 1.97. The van der Waals surface area contributed by atoms with Gasteiger partial charge in [0, 0.05) is 22.6 Å². The summed E-state index contributed by atoms with van der Waals surface area (Å²) in [5.41, 5.74) is 0. The molecule has 0 aromatic heterocycles. The molecule has 2 aromatic rings. The lowest BCUT2D eigenvalue weighted by Gasteiger charge is -2.29. The normalized spacial score (nSPS) is 17.3. The average molecular weight is 322 g/mol. The number of hydrogen-bond donors (Lipinski definition) is 1. The minimum atomic E-state index is -2.89. The summed E-state index contributed by atoms with van der Waals surface area (Å²) in [6.45, 7) is 2.12. The number of benzene rings is 2. The standard InChI is InChI=1S/C20H21NOP/c1-2-20(17-11-9-10-12-17)21-23(22,18-13-5-3-6-14-18)19-15-7-4-8-16-19/h3-16,20H,2H2,1H3,(H,21,22). The van der Waals surface area contributed by atoms with Crippen LogP contribution in [0.15, 0.2) is 60.7 Å². The average Bonchev–Trinajstić information content (AvgIpc) is 3.15. The Morgan fingerprint density at radius 3 is 1.78 bits per heavy atom. The second-order valence-corrected chi connectivity index (χ2v) is 8.10. The molecule has 0 aliphatic heterocycles. The number of rotatable bonds is 6. The molecule has 1 aliphatic carbocycles. The van der Waals surface area contributed by atoms with Crippen molar-refractivity contribution in [2.24, 2.45) is 0 Å². The predicted molar refractivity (Wildman–Crippen MR) is 97.4 cm³/mol. The predicted octanol–water partition coefficient (Wildman–Crippen LogP) is 3.69. The fraction of sp³-hybridized carbons (Fsp3) is 0.150. The van der Waals surface area contributed by atoms with Crippen molar-refractivity contribution >= 4 is 17.9 Å². The molecule has 5 radical (unpaired) electrons. The molecule has 0 saturated heterocycles. The fourth-order valence-corrected chi connectivity index (χ4v) is 5.37. The molecule has 1 unspecified atom stereocenters. The van der Waals surface area contributed by atoms with Crippen LogP contribution < -0.4 is 15.7 Å². The molecule has 3 rings (SSSR count). The van der Waals surface area contributed by atoms with E-state index in [0.717, 1.165) is 17.0 Å². The zero-order valence-corrected chi connectivity index (χ0v) is 14.1. The molecule has 117 valence electrons. The lowest BCUT2D eigenvalue weighted by molar-refractivity contribution is 0.558.